The van der Waals surface area contributed by atoms with E-state index in [2.05, 4.69) is 21.4 Å². The van der Waals surface area contributed by atoms with Crippen LogP contribution < -0.4 is 10.2 Å². The molecule has 30 heavy (non-hydrogen) atoms. The van der Waals surface area contributed by atoms with Crippen LogP contribution in [0.2, 0.25) is 0 Å². The molecule has 0 fully saturated rings. The standard InChI is InChI=1S/C23H21FN4O2/c1-14-9-16-7-8-28(21-6-4-18(24)13-27-21)23(30)19(16)11-17(14)10-15-3-5-20(26-12-15)22(29)25-2/h3-6,9,11-13H,7-8,10H2,1-2H3,(H,25,29). The molecule has 7 heteroatoms. The van der Waals surface area contributed by atoms with Gasteiger partial charge in [0.2, 0.25) is 0 Å². The zero-order valence-corrected chi connectivity index (χ0v) is 16.8. The van der Waals surface area contributed by atoms with Crippen LogP contribution in [0.4, 0.5) is 10.2 Å². The number of aromatic nitrogens is 2. The number of carbonyl (C=O) groups is 2. The minimum Gasteiger partial charge on any atom is -0.354 e. The van der Waals surface area contributed by atoms with Gasteiger partial charge < -0.3 is 5.32 Å². The van der Waals surface area contributed by atoms with E-state index in [-0.39, 0.29) is 11.8 Å². The molecular weight excluding hydrogens is 383 g/mol. The lowest BCUT2D eigenvalue weighted by molar-refractivity contribution is 0.0955. The van der Waals surface area contributed by atoms with Crippen molar-refractivity contribution in [3.8, 4) is 0 Å². The van der Waals surface area contributed by atoms with Gasteiger partial charge in [-0.1, -0.05) is 12.1 Å². The molecule has 1 aliphatic heterocycles. The Morgan fingerprint density at radius 3 is 2.67 bits per heavy atom. The molecule has 0 spiro atoms. The second-order valence-electron chi connectivity index (χ2n) is 7.28. The highest BCUT2D eigenvalue weighted by atomic mass is 19.1. The van der Waals surface area contributed by atoms with Gasteiger partial charge in [-0.15, -0.1) is 0 Å². The lowest BCUT2D eigenvalue weighted by Crippen LogP contribution is -2.38. The third kappa shape index (κ3) is 3.78. The van der Waals surface area contributed by atoms with Gasteiger partial charge in [0, 0.05) is 25.4 Å². The molecule has 1 N–H and O–H groups in total. The van der Waals surface area contributed by atoms with Crippen LogP contribution >= 0.6 is 0 Å². The molecule has 0 bridgehead atoms. The summed E-state index contributed by atoms with van der Waals surface area (Å²) in [5, 5.41) is 2.55. The van der Waals surface area contributed by atoms with Crippen molar-refractivity contribution in [1.82, 2.24) is 15.3 Å². The van der Waals surface area contributed by atoms with E-state index in [1.807, 2.05) is 19.1 Å². The number of fused-ring (bicyclic) bond motifs is 1. The molecule has 6 nitrogen and oxygen atoms in total. The highest BCUT2D eigenvalue weighted by Crippen LogP contribution is 2.27. The number of hydrogen-bond acceptors (Lipinski definition) is 4. The maximum atomic E-state index is 13.2. The molecule has 0 aliphatic carbocycles. The number of anilines is 1. The second kappa shape index (κ2) is 8.02. The summed E-state index contributed by atoms with van der Waals surface area (Å²) in [7, 11) is 1.57. The number of nitrogens with one attached hydrogen (secondary N) is 1. The Kier molecular flexibility index (Phi) is 5.27. The van der Waals surface area contributed by atoms with Gasteiger partial charge in [-0.05, 0) is 66.3 Å². The summed E-state index contributed by atoms with van der Waals surface area (Å²) < 4.78 is 13.2. The van der Waals surface area contributed by atoms with Crippen LogP contribution in [0.25, 0.3) is 0 Å². The predicted octanol–water partition coefficient (Wildman–Crippen LogP) is 3.08. The van der Waals surface area contributed by atoms with Gasteiger partial charge in [-0.3, -0.25) is 19.5 Å². The van der Waals surface area contributed by atoms with Gasteiger partial charge in [0.25, 0.3) is 11.8 Å². The van der Waals surface area contributed by atoms with E-state index in [0.29, 0.717) is 36.5 Å². The Bertz CT molecular complexity index is 1110. The number of carbonyl (C=O) groups excluding carboxylic acids is 2. The molecule has 2 aromatic heterocycles. The van der Waals surface area contributed by atoms with Crippen molar-refractivity contribution in [1.29, 1.82) is 0 Å². The Morgan fingerprint density at radius 2 is 2.00 bits per heavy atom. The topological polar surface area (TPSA) is 75.2 Å². The molecular formula is C23H21FN4O2. The van der Waals surface area contributed by atoms with Crippen LogP contribution in [0, 0.1) is 12.7 Å². The zero-order valence-electron chi connectivity index (χ0n) is 16.8. The summed E-state index contributed by atoms with van der Waals surface area (Å²) in [5.74, 6) is -0.350. The van der Waals surface area contributed by atoms with Gasteiger partial charge >= 0.3 is 0 Å². The molecule has 3 heterocycles. The minimum absolute atomic E-state index is 0.135. The van der Waals surface area contributed by atoms with Crippen LogP contribution in [-0.4, -0.2) is 35.4 Å². The Balaban J connectivity index is 1.61. The van der Waals surface area contributed by atoms with E-state index >= 15 is 0 Å². The van der Waals surface area contributed by atoms with Crippen LogP contribution in [0.15, 0.2) is 48.8 Å². The van der Waals surface area contributed by atoms with Crippen molar-refractivity contribution < 1.29 is 14.0 Å². The zero-order chi connectivity index (χ0) is 21.3. The van der Waals surface area contributed by atoms with Crippen molar-refractivity contribution in [3.63, 3.8) is 0 Å². The quantitative estimate of drug-likeness (QED) is 0.725. The summed E-state index contributed by atoms with van der Waals surface area (Å²) in [6.07, 6.45) is 4.11. The Hall–Kier alpha value is -3.61. The third-order valence-electron chi connectivity index (χ3n) is 5.31. The van der Waals surface area contributed by atoms with Crippen molar-refractivity contribution in [2.75, 3.05) is 18.5 Å². The molecule has 2 amide bonds. The highest BCUT2D eigenvalue weighted by molar-refractivity contribution is 6.07. The number of pyridine rings is 2. The van der Waals surface area contributed by atoms with E-state index in [0.717, 1.165) is 28.5 Å². The number of hydrogen-bond donors (Lipinski definition) is 1. The first-order valence-corrected chi connectivity index (χ1v) is 9.69. The fraction of sp³-hybridized carbons (Fsp3) is 0.217. The van der Waals surface area contributed by atoms with Gasteiger partial charge in [0.05, 0.1) is 6.20 Å². The molecule has 3 aromatic rings. The third-order valence-corrected chi connectivity index (χ3v) is 5.31. The number of benzene rings is 1. The summed E-state index contributed by atoms with van der Waals surface area (Å²) in [4.78, 5) is 34.6. The lowest BCUT2D eigenvalue weighted by Gasteiger charge is -2.28. The smallest absolute Gasteiger partial charge is 0.269 e. The van der Waals surface area contributed by atoms with Crippen LogP contribution in [0.5, 0.6) is 0 Å². The number of amides is 2. The number of nitrogens with zero attached hydrogens (tertiary/aromatic N) is 3. The van der Waals surface area contributed by atoms with Gasteiger partial charge in [0.15, 0.2) is 0 Å². The van der Waals surface area contributed by atoms with Crippen molar-refractivity contribution >= 4 is 17.6 Å². The Morgan fingerprint density at radius 1 is 1.17 bits per heavy atom. The monoisotopic (exact) mass is 404 g/mol. The summed E-state index contributed by atoms with van der Waals surface area (Å²) >= 11 is 0. The SMILES string of the molecule is CNC(=O)c1ccc(Cc2cc3c(cc2C)CCN(c2ccc(F)cn2)C3=O)cn1. The lowest BCUT2D eigenvalue weighted by atomic mass is 9.91. The summed E-state index contributed by atoms with van der Waals surface area (Å²) in [5.41, 5.74) is 5.08. The molecule has 0 unspecified atom stereocenters. The molecule has 0 saturated heterocycles. The average Bonchev–Trinajstić information content (AvgIpc) is 2.76. The van der Waals surface area contributed by atoms with E-state index in [1.54, 1.807) is 24.2 Å². The highest BCUT2D eigenvalue weighted by Gasteiger charge is 2.27. The average molecular weight is 404 g/mol. The molecule has 1 aliphatic rings. The van der Waals surface area contributed by atoms with Crippen LogP contribution in [0.3, 0.4) is 0 Å². The normalized spacial score (nSPS) is 13.2. The molecule has 1 aromatic carbocycles. The van der Waals surface area contributed by atoms with Crippen molar-refractivity contribution in [3.05, 3.63) is 88.1 Å². The molecule has 152 valence electrons. The van der Waals surface area contributed by atoms with Gasteiger partial charge in [0.1, 0.15) is 17.3 Å². The van der Waals surface area contributed by atoms with Gasteiger partial charge in [-0.2, -0.15) is 0 Å². The maximum Gasteiger partial charge on any atom is 0.269 e. The van der Waals surface area contributed by atoms with Gasteiger partial charge in [-0.25, -0.2) is 9.37 Å². The fourth-order valence-electron chi connectivity index (χ4n) is 3.65. The molecule has 0 atom stereocenters. The molecule has 4 rings (SSSR count). The van der Waals surface area contributed by atoms with Crippen molar-refractivity contribution in [2.24, 2.45) is 0 Å². The number of halogens is 1. The summed E-state index contributed by atoms with van der Waals surface area (Å²) in [6, 6.07) is 10.4. The van der Waals surface area contributed by atoms with E-state index < -0.39 is 5.82 Å². The first-order valence-electron chi connectivity index (χ1n) is 9.69. The first kappa shape index (κ1) is 19.7. The largest absolute Gasteiger partial charge is 0.354 e. The second-order valence-corrected chi connectivity index (χ2v) is 7.28. The predicted molar refractivity (Wildman–Crippen MR) is 111 cm³/mol. The van der Waals surface area contributed by atoms with Crippen LogP contribution in [-0.2, 0) is 12.8 Å². The minimum atomic E-state index is -0.433. The first-order chi connectivity index (χ1) is 14.5. The van der Waals surface area contributed by atoms with Crippen LogP contribution in [0.1, 0.15) is 43.1 Å². The molecule has 0 radical (unpaired) electrons. The fourth-order valence-corrected chi connectivity index (χ4v) is 3.65. The van der Waals surface area contributed by atoms with E-state index in [9.17, 15) is 14.0 Å². The Labute approximate surface area is 173 Å². The van der Waals surface area contributed by atoms with E-state index in [1.165, 1.54) is 12.1 Å². The van der Waals surface area contributed by atoms with E-state index in [4.69, 9.17) is 0 Å². The summed E-state index contributed by atoms with van der Waals surface area (Å²) in [6.45, 7) is 2.54. The number of aryl methyl sites for hydroxylation is 1. The maximum absolute atomic E-state index is 13.2. The number of rotatable bonds is 4. The molecule has 0 saturated carbocycles. The van der Waals surface area contributed by atoms with Crippen molar-refractivity contribution in [2.45, 2.75) is 19.8 Å².